The molecular weight excluding hydrogens is 663 g/mol. The first-order valence-corrected chi connectivity index (χ1v) is 18.7. The van der Waals surface area contributed by atoms with Crippen LogP contribution in [-0.2, 0) is 0 Å². The largest absolute Gasteiger partial charge is 0.310 e. The van der Waals surface area contributed by atoms with Crippen LogP contribution in [0.2, 0.25) is 0 Å². The van der Waals surface area contributed by atoms with E-state index in [1.54, 1.807) is 0 Å². The Kier molecular flexibility index (Phi) is 6.34. The van der Waals surface area contributed by atoms with Gasteiger partial charge in [0.2, 0.25) is 0 Å². The third-order valence-electron chi connectivity index (χ3n) is 11.0. The van der Waals surface area contributed by atoms with Crippen molar-refractivity contribution < 1.29 is 5.48 Å². The highest BCUT2D eigenvalue weighted by Crippen LogP contribution is 2.42. The lowest BCUT2D eigenvalue weighted by molar-refractivity contribution is 1.29. The monoisotopic (exact) mass is 701 g/mol. The fourth-order valence-corrected chi connectivity index (χ4v) is 8.46. The molecule has 0 saturated carbocycles. The number of hydrogen-bond acceptors (Lipinski definition) is 1. The van der Waals surface area contributed by atoms with Crippen LogP contribution in [0.3, 0.4) is 0 Å². The molecule has 256 valence electrons. The zero-order chi connectivity index (χ0) is 39.8. The van der Waals surface area contributed by atoms with Gasteiger partial charge < -0.3 is 4.90 Å². The van der Waals surface area contributed by atoms with Crippen molar-refractivity contribution in [3.63, 3.8) is 0 Å². The van der Waals surface area contributed by atoms with Gasteiger partial charge in [0, 0.05) is 17.1 Å². The standard InChI is InChI=1S/C54H35N/c1-4-17-45-36(12-1)24-25-37-28-31-44(35-54(37)45)55(42-29-26-38(27-30-42)52-33-40-13-2-5-18-46(40)48-20-7-9-22-50(48)52)43-16-11-15-39(32-43)53-34-41-14-3-6-19-47(41)49-21-8-10-23-51(49)53/h1-35H/i26D,27D,29D,30D. The van der Waals surface area contributed by atoms with Crippen molar-refractivity contribution in [3.8, 4) is 22.3 Å². The van der Waals surface area contributed by atoms with Gasteiger partial charge in [-0.25, -0.2) is 0 Å². The van der Waals surface area contributed by atoms with Crippen molar-refractivity contribution in [1.82, 2.24) is 0 Å². The second-order valence-corrected chi connectivity index (χ2v) is 14.2. The summed E-state index contributed by atoms with van der Waals surface area (Å²) >= 11 is 0. The van der Waals surface area contributed by atoms with Crippen molar-refractivity contribution in [3.05, 3.63) is 212 Å². The third-order valence-corrected chi connectivity index (χ3v) is 11.0. The second-order valence-electron chi connectivity index (χ2n) is 14.2. The topological polar surface area (TPSA) is 3.24 Å². The molecule has 0 spiro atoms. The van der Waals surface area contributed by atoms with E-state index in [9.17, 15) is 5.48 Å². The van der Waals surface area contributed by atoms with Crippen LogP contribution in [-0.4, -0.2) is 0 Å². The minimum atomic E-state index is -0.113. The average Bonchev–Trinajstić information content (AvgIpc) is 3.29. The number of anilines is 3. The van der Waals surface area contributed by atoms with E-state index in [2.05, 4.69) is 115 Å². The fourth-order valence-electron chi connectivity index (χ4n) is 8.46. The van der Waals surface area contributed by atoms with Crippen LogP contribution in [0.25, 0.3) is 86.9 Å². The molecule has 55 heavy (non-hydrogen) atoms. The minimum absolute atomic E-state index is 0.0886. The maximum atomic E-state index is 9.80. The SMILES string of the molecule is [2H]c1c([2H])c(N(c2cccc(-c3cc4ccccc4c4ccccc34)c2)c2ccc3ccc4ccccc4c3c2)c([2H])c([2H])c1-c1cc2ccccc2c2ccccc12. The van der Waals surface area contributed by atoms with E-state index in [-0.39, 0.29) is 35.4 Å². The van der Waals surface area contributed by atoms with Crippen LogP contribution in [0.5, 0.6) is 0 Å². The maximum Gasteiger partial charge on any atom is 0.0645 e. The van der Waals surface area contributed by atoms with E-state index < -0.39 is 0 Å². The van der Waals surface area contributed by atoms with E-state index >= 15 is 0 Å². The molecule has 1 nitrogen and oxygen atoms in total. The molecule has 0 amide bonds. The molecule has 0 fully saturated rings. The molecule has 0 unspecified atom stereocenters. The van der Waals surface area contributed by atoms with E-state index in [1.165, 1.54) is 10.8 Å². The smallest absolute Gasteiger partial charge is 0.0645 e. The highest BCUT2D eigenvalue weighted by Gasteiger charge is 2.17. The molecule has 0 radical (unpaired) electrons. The van der Waals surface area contributed by atoms with E-state index in [1.807, 2.05) is 77.7 Å². The summed E-state index contributed by atoms with van der Waals surface area (Å²) in [5.41, 5.74) is 4.67. The second kappa shape index (κ2) is 12.7. The Labute approximate surface area is 325 Å². The van der Waals surface area contributed by atoms with Gasteiger partial charge in [0.1, 0.15) is 0 Å². The van der Waals surface area contributed by atoms with Crippen molar-refractivity contribution in [2.45, 2.75) is 0 Å². The van der Waals surface area contributed by atoms with Crippen LogP contribution in [0.4, 0.5) is 17.1 Å². The number of nitrogens with zero attached hydrogens (tertiary/aromatic N) is 1. The van der Waals surface area contributed by atoms with Gasteiger partial charge in [0.25, 0.3) is 0 Å². The Morgan fingerprint density at radius 1 is 0.273 bits per heavy atom. The van der Waals surface area contributed by atoms with Crippen molar-refractivity contribution in [2.75, 3.05) is 4.90 Å². The Bertz CT molecular complexity index is 3490. The number of hydrogen-bond donors (Lipinski definition) is 0. The summed E-state index contributed by atoms with van der Waals surface area (Å²) < 4.78 is 39.0. The van der Waals surface area contributed by atoms with Crippen LogP contribution < -0.4 is 4.90 Å². The lowest BCUT2D eigenvalue weighted by Crippen LogP contribution is -2.10. The van der Waals surface area contributed by atoms with Gasteiger partial charge >= 0.3 is 0 Å². The maximum absolute atomic E-state index is 9.80. The lowest BCUT2D eigenvalue weighted by Gasteiger charge is -2.27. The minimum Gasteiger partial charge on any atom is -0.310 e. The highest BCUT2D eigenvalue weighted by atomic mass is 15.1. The first-order chi connectivity index (χ1) is 28.9. The van der Waals surface area contributed by atoms with Gasteiger partial charge in [0.05, 0.1) is 5.48 Å². The van der Waals surface area contributed by atoms with Crippen LogP contribution in [0, 0.1) is 0 Å². The normalized spacial score (nSPS) is 12.7. The molecule has 0 heterocycles. The molecular formula is C54H35N. The molecule has 0 N–H and O–H groups in total. The van der Waals surface area contributed by atoms with Crippen molar-refractivity contribution >= 4 is 81.7 Å². The van der Waals surface area contributed by atoms with Crippen LogP contribution in [0.15, 0.2) is 212 Å². The van der Waals surface area contributed by atoms with Gasteiger partial charge in [-0.05, 0) is 135 Å². The number of fused-ring (bicyclic) bond motifs is 9. The Hall–Kier alpha value is -7.22. The summed E-state index contributed by atoms with van der Waals surface area (Å²) in [6.45, 7) is 0. The molecule has 11 rings (SSSR count). The van der Waals surface area contributed by atoms with Crippen LogP contribution in [0.1, 0.15) is 5.48 Å². The van der Waals surface area contributed by atoms with E-state index in [0.29, 0.717) is 5.56 Å². The lowest BCUT2D eigenvalue weighted by atomic mass is 9.92. The summed E-state index contributed by atoms with van der Waals surface area (Å²) in [7, 11) is 0. The van der Waals surface area contributed by atoms with Gasteiger partial charge in [-0.15, -0.1) is 0 Å². The van der Waals surface area contributed by atoms with Gasteiger partial charge in [-0.3, -0.25) is 0 Å². The van der Waals surface area contributed by atoms with Crippen LogP contribution >= 0.6 is 0 Å². The summed E-state index contributed by atoms with van der Waals surface area (Å²) in [6.07, 6.45) is 0. The molecule has 0 aliphatic rings. The molecule has 0 bridgehead atoms. The van der Waals surface area contributed by atoms with Crippen molar-refractivity contribution in [2.24, 2.45) is 0 Å². The highest BCUT2D eigenvalue weighted by molar-refractivity contribution is 6.15. The predicted octanol–water partition coefficient (Wildman–Crippen LogP) is 15.4. The molecule has 0 saturated heterocycles. The zero-order valence-electron chi connectivity index (χ0n) is 33.8. The third kappa shape index (κ3) is 5.24. The molecule has 11 aromatic rings. The summed E-state index contributed by atoms with van der Waals surface area (Å²) in [5, 5.41) is 12.9. The predicted molar refractivity (Wildman–Crippen MR) is 237 cm³/mol. The first-order valence-electron chi connectivity index (χ1n) is 20.7. The van der Waals surface area contributed by atoms with Gasteiger partial charge in [0.15, 0.2) is 0 Å². The Balaban J connectivity index is 1.18. The van der Waals surface area contributed by atoms with Gasteiger partial charge in [-0.2, -0.15) is 0 Å². The van der Waals surface area contributed by atoms with Crippen molar-refractivity contribution in [1.29, 1.82) is 0 Å². The van der Waals surface area contributed by atoms with E-state index in [0.717, 1.165) is 76.4 Å². The molecule has 0 aliphatic heterocycles. The number of benzene rings is 11. The Morgan fingerprint density at radius 2 is 0.727 bits per heavy atom. The summed E-state index contributed by atoms with van der Waals surface area (Å²) in [6, 6.07) is 63.9. The van der Waals surface area contributed by atoms with Gasteiger partial charge in [-0.1, -0.05) is 164 Å². The number of rotatable bonds is 5. The quantitative estimate of drug-likeness (QED) is 0.162. The fraction of sp³-hybridized carbons (Fsp3) is 0. The van der Waals surface area contributed by atoms with E-state index in [4.69, 9.17) is 0 Å². The molecule has 1 heteroatoms. The summed E-state index contributed by atoms with van der Waals surface area (Å²) in [4.78, 5) is 1.91. The molecule has 0 atom stereocenters. The first kappa shape index (κ1) is 27.4. The zero-order valence-corrected chi connectivity index (χ0v) is 29.8. The molecule has 0 aromatic heterocycles. The average molecular weight is 702 g/mol. The molecule has 11 aromatic carbocycles. The molecule has 0 aliphatic carbocycles. The summed E-state index contributed by atoms with van der Waals surface area (Å²) in [5.74, 6) is 0. The Morgan fingerprint density at radius 3 is 1.35 bits per heavy atom.